The van der Waals surface area contributed by atoms with E-state index >= 15 is 0 Å². The first-order chi connectivity index (χ1) is 13.2. The molecule has 2 atom stereocenters. The maximum Gasteiger partial charge on any atom is 0.228 e. The van der Waals surface area contributed by atoms with Crippen molar-refractivity contribution in [2.45, 2.75) is 31.1 Å². The van der Waals surface area contributed by atoms with E-state index in [-0.39, 0.29) is 34.9 Å². The fourth-order valence-corrected chi connectivity index (χ4v) is 6.84. The Morgan fingerprint density at radius 1 is 1.14 bits per heavy atom. The number of benzene rings is 1. The van der Waals surface area contributed by atoms with Crippen LogP contribution < -0.4 is 0 Å². The van der Waals surface area contributed by atoms with E-state index < -0.39 is 10.0 Å². The molecule has 3 heterocycles. The summed E-state index contributed by atoms with van der Waals surface area (Å²) < 4.78 is 27.3. The maximum absolute atomic E-state index is 12.9. The molecule has 0 aliphatic carbocycles. The van der Waals surface area contributed by atoms with Gasteiger partial charge in [0.25, 0.3) is 0 Å². The first-order valence-electron chi connectivity index (χ1n) is 9.79. The maximum atomic E-state index is 12.9. The van der Waals surface area contributed by atoms with Crippen molar-refractivity contribution in [1.82, 2.24) is 14.1 Å². The number of fused-ring (bicyclic) bond motifs is 2. The molecule has 1 aromatic carbocycles. The molecule has 2 amide bonds. The molecule has 0 bridgehead atoms. The van der Waals surface area contributed by atoms with Crippen molar-refractivity contribution in [2.24, 2.45) is 11.8 Å². The van der Waals surface area contributed by atoms with Gasteiger partial charge in [0.05, 0.1) is 17.2 Å². The van der Waals surface area contributed by atoms with E-state index in [2.05, 4.69) is 0 Å². The van der Waals surface area contributed by atoms with Crippen molar-refractivity contribution in [3.05, 3.63) is 35.9 Å². The predicted molar refractivity (Wildman–Crippen MR) is 105 cm³/mol. The molecule has 1 aromatic rings. The smallest absolute Gasteiger partial charge is 0.228 e. The highest BCUT2D eigenvalue weighted by Crippen LogP contribution is 2.49. The molecule has 0 radical (unpaired) electrons. The summed E-state index contributed by atoms with van der Waals surface area (Å²) in [5, 5.41) is 0. The zero-order valence-corrected chi connectivity index (χ0v) is 17.2. The molecule has 3 aliphatic heterocycles. The number of hydrogen-bond acceptors (Lipinski definition) is 4. The summed E-state index contributed by atoms with van der Waals surface area (Å²) in [6.07, 6.45) is 1.24. The number of likely N-dealkylation sites (tertiary alicyclic amines) is 2. The third-order valence-corrected chi connectivity index (χ3v) is 8.79. The van der Waals surface area contributed by atoms with Gasteiger partial charge in [0.15, 0.2) is 0 Å². The average Bonchev–Trinajstić information content (AvgIpc) is 3.19. The number of amides is 2. The van der Waals surface area contributed by atoms with Crippen molar-refractivity contribution in [3.8, 4) is 0 Å². The summed E-state index contributed by atoms with van der Waals surface area (Å²) in [5.41, 5.74) is 0.439. The van der Waals surface area contributed by atoms with Crippen molar-refractivity contribution in [1.29, 1.82) is 0 Å². The lowest BCUT2D eigenvalue weighted by Gasteiger charge is -2.46. The van der Waals surface area contributed by atoms with Gasteiger partial charge in [-0.1, -0.05) is 30.3 Å². The van der Waals surface area contributed by atoms with Gasteiger partial charge < -0.3 is 9.80 Å². The molecular formula is C20H27N3O4S. The Bertz CT molecular complexity index is 878. The van der Waals surface area contributed by atoms with Crippen LogP contribution in [0.1, 0.15) is 25.3 Å². The van der Waals surface area contributed by atoms with E-state index in [9.17, 15) is 18.0 Å². The van der Waals surface area contributed by atoms with Gasteiger partial charge >= 0.3 is 0 Å². The number of carbonyl (C=O) groups is 2. The molecule has 8 heteroatoms. The van der Waals surface area contributed by atoms with Gasteiger partial charge in [-0.25, -0.2) is 12.7 Å². The van der Waals surface area contributed by atoms with E-state index in [1.165, 1.54) is 0 Å². The Balaban J connectivity index is 1.50. The molecule has 28 heavy (non-hydrogen) atoms. The molecule has 3 aliphatic rings. The van der Waals surface area contributed by atoms with Gasteiger partial charge in [-0.3, -0.25) is 9.59 Å². The minimum Gasteiger partial charge on any atom is -0.342 e. The van der Waals surface area contributed by atoms with Crippen LogP contribution in [0.3, 0.4) is 0 Å². The average molecular weight is 406 g/mol. The van der Waals surface area contributed by atoms with E-state index in [1.54, 1.807) is 16.1 Å². The zero-order valence-electron chi connectivity index (χ0n) is 16.4. The van der Waals surface area contributed by atoms with Gasteiger partial charge in [-0.2, -0.15) is 0 Å². The van der Waals surface area contributed by atoms with E-state index in [0.29, 0.717) is 39.0 Å². The predicted octanol–water partition coefficient (Wildman–Crippen LogP) is 0.918. The molecule has 0 N–H and O–H groups in total. The van der Waals surface area contributed by atoms with Crippen molar-refractivity contribution < 1.29 is 18.0 Å². The van der Waals surface area contributed by atoms with Crippen molar-refractivity contribution in [3.63, 3.8) is 0 Å². The number of hydrogen-bond donors (Lipinski definition) is 0. The number of piperidine rings is 1. The Morgan fingerprint density at radius 2 is 1.79 bits per heavy atom. The van der Waals surface area contributed by atoms with Gasteiger partial charge in [-0.05, 0) is 18.4 Å². The Labute approximate surface area is 166 Å². The van der Waals surface area contributed by atoms with Crippen LogP contribution in [-0.2, 0) is 25.4 Å². The molecule has 152 valence electrons. The molecule has 3 saturated heterocycles. The SMILES string of the molecule is CC(=O)N1C[C@@H]2C(=O)N(C)C3(CCN(S(=O)(=O)Cc4ccccc4)CC3)[C@H]2C1. The molecule has 3 fully saturated rings. The molecular weight excluding hydrogens is 378 g/mol. The first kappa shape index (κ1) is 19.4. The minimum absolute atomic E-state index is 0.000221. The molecule has 7 nitrogen and oxygen atoms in total. The number of sulfonamides is 1. The van der Waals surface area contributed by atoms with Crippen molar-refractivity contribution in [2.75, 3.05) is 33.2 Å². The largest absolute Gasteiger partial charge is 0.342 e. The van der Waals surface area contributed by atoms with Crippen LogP contribution in [0.5, 0.6) is 0 Å². The summed E-state index contributed by atoms with van der Waals surface area (Å²) in [6.45, 7) is 3.45. The van der Waals surface area contributed by atoms with E-state index in [1.807, 2.05) is 42.3 Å². The first-order valence-corrected chi connectivity index (χ1v) is 11.4. The van der Waals surface area contributed by atoms with Crippen LogP contribution in [0.25, 0.3) is 0 Å². The summed E-state index contributed by atoms with van der Waals surface area (Å²) in [4.78, 5) is 28.2. The topological polar surface area (TPSA) is 78.0 Å². The monoisotopic (exact) mass is 405 g/mol. The van der Waals surface area contributed by atoms with Crippen LogP contribution in [0.15, 0.2) is 30.3 Å². The molecule has 1 spiro atoms. The van der Waals surface area contributed by atoms with Gasteiger partial charge in [0.1, 0.15) is 0 Å². The third-order valence-electron chi connectivity index (χ3n) is 6.94. The van der Waals surface area contributed by atoms with E-state index in [4.69, 9.17) is 0 Å². The van der Waals surface area contributed by atoms with Crippen molar-refractivity contribution >= 4 is 21.8 Å². The highest BCUT2D eigenvalue weighted by atomic mass is 32.2. The summed E-state index contributed by atoms with van der Waals surface area (Å²) in [5.74, 6) is 0.0336. The molecule has 4 rings (SSSR count). The quantitative estimate of drug-likeness (QED) is 0.749. The van der Waals surface area contributed by atoms with Crippen LogP contribution in [0.4, 0.5) is 0 Å². The minimum atomic E-state index is -3.39. The standard InChI is InChI=1S/C20H27N3O4S/c1-15(24)22-12-17-18(13-22)20(21(2)19(17)25)8-10-23(11-9-20)28(26,27)14-16-6-4-3-5-7-16/h3-7,17-18H,8-14H2,1-2H3/t17-,18-/m0/s1. The summed E-state index contributed by atoms with van der Waals surface area (Å²) in [7, 11) is -1.55. The van der Waals surface area contributed by atoms with Gasteiger partial charge in [0.2, 0.25) is 21.8 Å². The highest BCUT2D eigenvalue weighted by molar-refractivity contribution is 7.88. The normalized spacial score (nSPS) is 27.4. The van der Waals surface area contributed by atoms with Crippen LogP contribution >= 0.6 is 0 Å². The third kappa shape index (κ3) is 3.03. The fourth-order valence-electron chi connectivity index (χ4n) is 5.31. The van der Waals surface area contributed by atoms with Crippen LogP contribution in [0.2, 0.25) is 0 Å². The Kier molecular flexibility index (Phi) is 4.74. The number of nitrogens with zero attached hydrogens (tertiary/aromatic N) is 3. The second-order valence-electron chi connectivity index (χ2n) is 8.28. The van der Waals surface area contributed by atoms with Crippen LogP contribution in [0, 0.1) is 11.8 Å². The second-order valence-corrected chi connectivity index (χ2v) is 10.2. The van der Waals surface area contributed by atoms with Gasteiger partial charge in [0, 0.05) is 46.1 Å². The summed E-state index contributed by atoms with van der Waals surface area (Å²) >= 11 is 0. The highest BCUT2D eigenvalue weighted by Gasteiger charge is 2.61. The number of carbonyl (C=O) groups excluding carboxylic acids is 2. The Morgan fingerprint density at radius 3 is 2.39 bits per heavy atom. The Hall–Kier alpha value is -1.93. The lowest BCUT2D eigenvalue weighted by atomic mass is 9.75. The zero-order chi connectivity index (χ0) is 20.1. The fraction of sp³-hybridized carbons (Fsp3) is 0.600. The molecule has 0 unspecified atom stereocenters. The van der Waals surface area contributed by atoms with Crippen LogP contribution in [-0.4, -0.2) is 73.1 Å². The summed E-state index contributed by atoms with van der Waals surface area (Å²) in [6, 6.07) is 9.21. The van der Waals surface area contributed by atoms with E-state index in [0.717, 1.165) is 5.56 Å². The lowest BCUT2D eigenvalue weighted by molar-refractivity contribution is -0.135. The molecule has 0 aromatic heterocycles. The van der Waals surface area contributed by atoms with Gasteiger partial charge in [-0.15, -0.1) is 0 Å². The lowest BCUT2D eigenvalue weighted by Crippen LogP contribution is -2.56. The second kappa shape index (κ2) is 6.84. The number of rotatable bonds is 3. The molecule has 0 saturated carbocycles.